The first-order valence-electron chi connectivity index (χ1n) is 6.93. The molecule has 1 heterocycles. The first-order chi connectivity index (χ1) is 9.41. The first kappa shape index (κ1) is 15.9. The maximum atomic E-state index is 12.5. The second-order valence-electron chi connectivity index (χ2n) is 5.41. The first-order valence-corrected chi connectivity index (χ1v) is 9.16. The molecule has 0 atom stereocenters. The van der Waals surface area contributed by atoms with Gasteiger partial charge in [-0.05, 0) is 46.5 Å². The fourth-order valence-electron chi connectivity index (χ4n) is 2.25. The van der Waals surface area contributed by atoms with Gasteiger partial charge >= 0.3 is 0 Å². The zero-order chi connectivity index (χ0) is 14.8. The van der Waals surface area contributed by atoms with Gasteiger partial charge in [0.25, 0.3) is 0 Å². The van der Waals surface area contributed by atoms with Crippen LogP contribution in [0.5, 0.6) is 0 Å². The summed E-state index contributed by atoms with van der Waals surface area (Å²) in [5, 5.41) is 3.32. The topological polar surface area (TPSA) is 49.4 Å². The van der Waals surface area contributed by atoms with Crippen molar-refractivity contribution in [2.75, 3.05) is 13.1 Å². The predicted molar refractivity (Wildman–Crippen MR) is 84.1 cm³/mol. The van der Waals surface area contributed by atoms with Crippen molar-refractivity contribution in [3.8, 4) is 0 Å². The second-order valence-corrected chi connectivity index (χ2v) is 8.17. The molecule has 0 radical (unpaired) electrons. The minimum absolute atomic E-state index is 0.368. The van der Waals surface area contributed by atoms with Crippen LogP contribution >= 0.6 is 15.9 Å². The number of nitrogens with zero attached hydrogens (tertiary/aromatic N) is 1. The summed E-state index contributed by atoms with van der Waals surface area (Å²) in [6, 6.07) is 5.87. The molecule has 1 saturated heterocycles. The lowest BCUT2D eigenvalue weighted by Crippen LogP contribution is -2.28. The molecule has 20 heavy (non-hydrogen) atoms. The van der Waals surface area contributed by atoms with Gasteiger partial charge in [-0.2, -0.15) is 4.31 Å². The van der Waals surface area contributed by atoms with E-state index in [0.717, 1.165) is 24.9 Å². The Bertz CT molecular complexity index is 567. The summed E-state index contributed by atoms with van der Waals surface area (Å²) in [6.45, 7) is 6.17. The van der Waals surface area contributed by atoms with Crippen LogP contribution in [0.3, 0.4) is 0 Å². The van der Waals surface area contributed by atoms with E-state index in [-0.39, 0.29) is 0 Å². The molecule has 0 aromatic heterocycles. The van der Waals surface area contributed by atoms with Crippen LogP contribution in [-0.2, 0) is 16.6 Å². The standard InChI is InChI=1S/C14H21BrN2O2S/c1-11(2)16-10-12-5-6-14(13(15)9-12)20(18,19)17-7-3-4-8-17/h5-6,9,11,16H,3-4,7-8,10H2,1-2H3. The monoisotopic (exact) mass is 360 g/mol. The largest absolute Gasteiger partial charge is 0.310 e. The van der Waals surface area contributed by atoms with Gasteiger partial charge in [0, 0.05) is 30.1 Å². The number of halogens is 1. The lowest BCUT2D eigenvalue weighted by Gasteiger charge is -2.17. The lowest BCUT2D eigenvalue weighted by atomic mass is 10.2. The van der Waals surface area contributed by atoms with Crippen molar-refractivity contribution in [2.24, 2.45) is 0 Å². The third-order valence-corrected chi connectivity index (χ3v) is 6.27. The summed E-state index contributed by atoms with van der Waals surface area (Å²) in [7, 11) is -3.35. The fourth-order valence-corrected chi connectivity index (χ4v) is 4.86. The minimum Gasteiger partial charge on any atom is -0.310 e. The van der Waals surface area contributed by atoms with Gasteiger partial charge in [-0.25, -0.2) is 8.42 Å². The van der Waals surface area contributed by atoms with Crippen LogP contribution < -0.4 is 5.32 Å². The molecule has 1 aromatic carbocycles. The van der Waals surface area contributed by atoms with Gasteiger partial charge in [-0.15, -0.1) is 0 Å². The molecule has 0 saturated carbocycles. The Kier molecular flexibility index (Phi) is 5.23. The van der Waals surface area contributed by atoms with Crippen molar-refractivity contribution in [1.29, 1.82) is 0 Å². The normalized spacial score (nSPS) is 17.0. The molecule has 0 bridgehead atoms. The molecule has 0 amide bonds. The summed E-state index contributed by atoms with van der Waals surface area (Å²) < 4.78 is 27.2. The Morgan fingerprint density at radius 1 is 1.30 bits per heavy atom. The lowest BCUT2D eigenvalue weighted by molar-refractivity contribution is 0.477. The Hall–Kier alpha value is -0.430. The zero-order valence-electron chi connectivity index (χ0n) is 11.9. The number of sulfonamides is 1. The molecular formula is C14H21BrN2O2S. The van der Waals surface area contributed by atoms with Gasteiger partial charge in [-0.1, -0.05) is 19.9 Å². The molecule has 1 aromatic rings. The average molecular weight is 361 g/mol. The molecule has 0 unspecified atom stereocenters. The second kappa shape index (κ2) is 6.56. The van der Waals surface area contributed by atoms with Gasteiger partial charge in [0.15, 0.2) is 0 Å². The van der Waals surface area contributed by atoms with Gasteiger partial charge < -0.3 is 5.32 Å². The van der Waals surface area contributed by atoms with Crippen LogP contribution in [0.4, 0.5) is 0 Å². The number of benzene rings is 1. The van der Waals surface area contributed by atoms with Crippen LogP contribution in [0, 0.1) is 0 Å². The van der Waals surface area contributed by atoms with E-state index in [9.17, 15) is 8.42 Å². The molecule has 1 N–H and O–H groups in total. The van der Waals surface area contributed by atoms with Crippen molar-refractivity contribution >= 4 is 26.0 Å². The Labute approximate surface area is 129 Å². The van der Waals surface area contributed by atoms with Crippen LogP contribution in [-0.4, -0.2) is 31.9 Å². The van der Waals surface area contributed by atoms with Crippen molar-refractivity contribution in [3.05, 3.63) is 28.2 Å². The van der Waals surface area contributed by atoms with E-state index < -0.39 is 10.0 Å². The maximum Gasteiger partial charge on any atom is 0.244 e. The van der Waals surface area contributed by atoms with Crippen LogP contribution in [0.15, 0.2) is 27.6 Å². The molecule has 0 aliphatic carbocycles. The SMILES string of the molecule is CC(C)NCc1ccc(S(=O)(=O)N2CCCC2)c(Br)c1. The number of rotatable bonds is 5. The fraction of sp³-hybridized carbons (Fsp3) is 0.571. The van der Waals surface area contributed by atoms with Crippen molar-refractivity contribution in [1.82, 2.24) is 9.62 Å². The zero-order valence-corrected chi connectivity index (χ0v) is 14.3. The van der Waals surface area contributed by atoms with Gasteiger partial charge in [0.1, 0.15) is 0 Å². The van der Waals surface area contributed by atoms with Gasteiger partial charge in [-0.3, -0.25) is 0 Å². The number of nitrogens with one attached hydrogen (secondary N) is 1. The highest BCUT2D eigenvalue weighted by molar-refractivity contribution is 9.10. The molecule has 0 spiro atoms. The van der Waals surface area contributed by atoms with Gasteiger partial charge in [0.2, 0.25) is 10.0 Å². The highest BCUT2D eigenvalue weighted by atomic mass is 79.9. The summed E-state index contributed by atoms with van der Waals surface area (Å²) in [5.41, 5.74) is 1.07. The molecule has 4 nitrogen and oxygen atoms in total. The van der Waals surface area contributed by atoms with E-state index in [4.69, 9.17) is 0 Å². The van der Waals surface area contributed by atoms with Crippen LogP contribution in [0.25, 0.3) is 0 Å². The van der Waals surface area contributed by atoms with Gasteiger partial charge in [0.05, 0.1) is 4.90 Å². The molecule has 2 rings (SSSR count). The van der Waals surface area contributed by atoms with E-state index in [1.165, 1.54) is 0 Å². The average Bonchev–Trinajstić information content (AvgIpc) is 2.90. The molecule has 1 aliphatic rings. The quantitative estimate of drug-likeness (QED) is 0.877. The molecule has 1 fully saturated rings. The summed E-state index contributed by atoms with van der Waals surface area (Å²) in [4.78, 5) is 0.368. The Morgan fingerprint density at radius 2 is 1.95 bits per heavy atom. The summed E-state index contributed by atoms with van der Waals surface area (Å²) >= 11 is 3.40. The highest BCUT2D eigenvalue weighted by Crippen LogP contribution is 2.28. The van der Waals surface area contributed by atoms with E-state index in [1.807, 2.05) is 12.1 Å². The van der Waals surface area contributed by atoms with Crippen LogP contribution in [0.2, 0.25) is 0 Å². The molecule has 1 aliphatic heterocycles. The Balaban J connectivity index is 2.21. The third-order valence-electron chi connectivity index (χ3n) is 3.39. The van der Waals surface area contributed by atoms with Crippen molar-refractivity contribution in [3.63, 3.8) is 0 Å². The maximum absolute atomic E-state index is 12.5. The molecular weight excluding hydrogens is 340 g/mol. The van der Waals surface area contributed by atoms with E-state index >= 15 is 0 Å². The summed E-state index contributed by atoms with van der Waals surface area (Å²) in [5.74, 6) is 0. The molecule has 112 valence electrons. The summed E-state index contributed by atoms with van der Waals surface area (Å²) in [6.07, 6.45) is 1.90. The third kappa shape index (κ3) is 3.61. The van der Waals surface area contributed by atoms with E-state index in [0.29, 0.717) is 28.5 Å². The highest BCUT2D eigenvalue weighted by Gasteiger charge is 2.28. The van der Waals surface area contributed by atoms with Crippen molar-refractivity contribution in [2.45, 2.75) is 44.2 Å². The smallest absolute Gasteiger partial charge is 0.244 e. The van der Waals surface area contributed by atoms with Crippen molar-refractivity contribution < 1.29 is 8.42 Å². The van der Waals surface area contributed by atoms with Crippen LogP contribution in [0.1, 0.15) is 32.3 Å². The minimum atomic E-state index is -3.35. The number of hydrogen-bond donors (Lipinski definition) is 1. The van der Waals surface area contributed by atoms with E-state index in [1.54, 1.807) is 10.4 Å². The number of hydrogen-bond acceptors (Lipinski definition) is 3. The Morgan fingerprint density at radius 3 is 2.50 bits per heavy atom. The van der Waals surface area contributed by atoms with E-state index in [2.05, 4.69) is 35.1 Å². The predicted octanol–water partition coefficient (Wildman–Crippen LogP) is 2.73. The molecule has 6 heteroatoms.